The fourth-order valence-electron chi connectivity index (χ4n) is 1.74. The number of halogens is 3. The van der Waals surface area contributed by atoms with E-state index >= 15 is 0 Å². The van der Waals surface area contributed by atoms with E-state index in [4.69, 9.17) is 5.11 Å². The lowest BCUT2D eigenvalue weighted by molar-refractivity contribution is -0.145. The Hall–Kier alpha value is -2.19. The van der Waals surface area contributed by atoms with Gasteiger partial charge in [-0.15, -0.1) is 0 Å². The summed E-state index contributed by atoms with van der Waals surface area (Å²) in [7, 11) is 0. The SMILES string of the molecule is Cc1cc(C(=O)N[C@@H](CC(C)C)C(=O)O)nc(C(F)(F)F)n1. The number of carboxylic acids is 1. The molecule has 6 nitrogen and oxygen atoms in total. The molecule has 1 rings (SSSR count). The third kappa shape index (κ3) is 4.97. The van der Waals surface area contributed by atoms with Crippen LogP contribution in [0.1, 0.15) is 42.3 Å². The van der Waals surface area contributed by atoms with Gasteiger partial charge in [-0.2, -0.15) is 13.2 Å². The average molecular weight is 319 g/mol. The third-order valence-electron chi connectivity index (χ3n) is 2.65. The highest BCUT2D eigenvalue weighted by Gasteiger charge is 2.36. The number of carbonyl (C=O) groups is 2. The van der Waals surface area contributed by atoms with Gasteiger partial charge in [0.2, 0.25) is 5.82 Å². The largest absolute Gasteiger partial charge is 0.480 e. The maximum Gasteiger partial charge on any atom is 0.451 e. The number of aliphatic carboxylic acids is 1. The van der Waals surface area contributed by atoms with Crippen LogP contribution in [0.4, 0.5) is 13.2 Å². The molecule has 1 heterocycles. The van der Waals surface area contributed by atoms with Crippen molar-refractivity contribution in [2.24, 2.45) is 5.92 Å². The molecule has 0 fully saturated rings. The number of nitrogens with zero attached hydrogens (tertiary/aromatic N) is 2. The summed E-state index contributed by atoms with van der Waals surface area (Å²) in [6, 6.07) is -0.129. The highest BCUT2D eigenvalue weighted by Crippen LogP contribution is 2.26. The van der Waals surface area contributed by atoms with E-state index in [-0.39, 0.29) is 18.0 Å². The Bertz CT molecular complexity index is 573. The molecule has 0 aromatic carbocycles. The third-order valence-corrected chi connectivity index (χ3v) is 2.65. The predicted octanol–water partition coefficient (Wildman–Crippen LogP) is 2.03. The lowest BCUT2D eigenvalue weighted by atomic mass is 10.0. The minimum atomic E-state index is -4.79. The van der Waals surface area contributed by atoms with Crippen molar-refractivity contribution in [1.29, 1.82) is 0 Å². The fourth-order valence-corrected chi connectivity index (χ4v) is 1.74. The van der Waals surface area contributed by atoms with Gasteiger partial charge in [0, 0.05) is 5.69 Å². The van der Waals surface area contributed by atoms with E-state index in [0.717, 1.165) is 6.07 Å². The van der Waals surface area contributed by atoms with Crippen molar-refractivity contribution in [1.82, 2.24) is 15.3 Å². The number of rotatable bonds is 5. The summed E-state index contributed by atoms with van der Waals surface area (Å²) in [6.45, 7) is 4.81. The Kier molecular flexibility index (Phi) is 5.45. The molecule has 9 heteroatoms. The van der Waals surface area contributed by atoms with Crippen LogP contribution in [0.2, 0.25) is 0 Å². The standard InChI is InChI=1S/C13H16F3N3O3/c1-6(2)4-9(11(21)22)18-10(20)8-5-7(3)17-12(19-8)13(14,15)16/h5-6,9H,4H2,1-3H3,(H,18,20)(H,21,22)/t9-/m0/s1. The summed E-state index contributed by atoms with van der Waals surface area (Å²) in [5.41, 5.74) is -0.557. The first-order valence-corrected chi connectivity index (χ1v) is 6.47. The van der Waals surface area contributed by atoms with Crippen LogP contribution in [0, 0.1) is 12.8 Å². The van der Waals surface area contributed by atoms with Crippen molar-refractivity contribution < 1.29 is 27.9 Å². The van der Waals surface area contributed by atoms with E-state index in [9.17, 15) is 22.8 Å². The first-order chi connectivity index (χ1) is 10.0. The van der Waals surface area contributed by atoms with Crippen molar-refractivity contribution >= 4 is 11.9 Å². The summed E-state index contributed by atoms with van der Waals surface area (Å²) in [6.07, 6.45) is -4.64. The molecule has 0 bridgehead atoms. The van der Waals surface area contributed by atoms with Crippen molar-refractivity contribution in [3.63, 3.8) is 0 Å². The van der Waals surface area contributed by atoms with Gasteiger partial charge in [-0.1, -0.05) is 13.8 Å². The molecule has 0 aliphatic heterocycles. The van der Waals surface area contributed by atoms with Gasteiger partial charge in [-0.25, -0.2) is 14.8 Å². The fraction of sp³-hybridized carbons (Fsp3) is 0.538. The van der Waals surface area contributed by atoms with Gasteiger partial charge in [-0.3, -0.25) is 4.79 Å². The lowest BCUT2D eigenvalue weighted by Crippen LogP contribution is -2.42. The normalized spacial score (nSPS) is 13.0. The lowest BCUT2D eigenvalue weighted by Gasteiger charge is -2.16. The molecule has 1 amide bonds. The van der Waals surface area contributed by atoms with E-state index in [1.54, 1.807) is 13.8 Å². The van der Waals surface area contributed by atoms with Crippen molar-refractivity contribution in [2.45, 2.75) is 39.4 Å². The molecule has 0 spiro atoms. The van der Waals surface area contributed by atoms with Crippen LogP contribution in [0.5, 0.6) is 0 Å². The van der Waals surface area contributed by atoms with Crippen molar-refractivity contribution in [3.05, 3.63) is 23.3 Å². The van der Waals surface area contributed by atoms with E-state index < -0.39 is 35.6 Å². The summed E-state index contributed by atoms with van der Waals surface area (Å²) in [4.78, 5) is 29.4. The molecule has 1 aromatic heterocycles. The molecule has 0 saturated heterocycles. The summed E-state index contributed by atoms with van der Waals surface area (Å²) in [5, 5.41) is 11.2. The van der Waals surface area contributed by atoms with Gasteiger partial charge < -0.3 is 10.4 Å². The van der Waals surface area contributed by atoms with E-state index in [1.807, 2.05) is 0 Å². The second-order valence-electron chi connectivity index (χ2n) is 5.21. The van der Waals surface area contributed by atoms with Gasteiger partial charge in [0.15, 0.2) is 0 Å². The van der Waals surface area contributed by atoms with Crippen LogP contribution >= 0.6 is 0 Å². The quantitative estimate of drug-likeness (QED) is 0.866. The van der Waals surface area contributed by atoms with Gasteiger partial charge >= 0.3 is 12.1 Å². The smallest absolute Gasteiger partial charge is 0.451 e. The van der Waals surface area contributed by atoms with Crippen LogP contribution in [-0.4, -0.2) is 33.0 Å². The summed E-state index contributed by atoms with van der Waals surface area (Å²) >= 11 is 0. The number of carboxylic acid groups (broad SMARTS) is 1. The Balaban J connectivity index is 3.02. The molecular weight excluding hydrogens is 303 g/mol. The molecule has 122 valence electrons. The zero-order valence-corrected chi connectivity index (χ0v) is 12.2. The van der Waals surface area contributed by atoms with Crippen molar-refractivity contribution in [2.75, 3.05) is 0 Å². The molecule has 0 aliphatic carbocycles. The number of alkyl halides is 3. The van der Waals surface area contributed by atoms with Crippen LogP contribution in [0.25, 0.3) is 0 Å². The maximum atomic E-state index is 12.6. The average Bonchev–Trinajstić information content (AvgIpc) is 2.35. The van der Waals surface area contributed by atoms with Crippen LogP contribution in [0.3, 0.4) is 0 Å². The number of aryl methyl sites for hydroxylation is 1. The molecule has 0 saturated carbocycles. The minimum Gasteiger partial charge on any atom is -0.480 e. The second-order valence-corrected chi connectivity index (χ2v) is 5.21. The molecular formula is C13H16F3N3O3. The zero-order valence-electron chi connectivity index (χ0n) is 12.2. The first-order valence-electron chi connectivity index (χ1n) is 6.47. The maximum absolute atomic E-state index is 12.6. The highest BCUT2D eigenvalue weighted by molar-refractivity contribution is 5.95. The zero-order chi connectivity index (χ0) is 17.1. The number of aromatic nitrogens is 2. The Morgan fingerprint density at radius 2 is 1.91 bits per heavy atom. The summed E-state index contributed by atoms with van der Waals surface area (Å²) in [5.74, 6) is -3.69. The monoisotopic (exact) mass is 319 g/mol. The highest BCUT2D eigenvalue weighted by atomic mass is 19.4. The van der Waals surface area contributed by atoms with Crippen LogP contribution < -0.4 is 5.32 Å². The first kappa shape index (κ1) is 17.9. The number of carbonyl (C=O) groups excluding carboxylic acids is 1. The molecule has 2 N–H and O–H groups in total. The van der Waals surface area contributed by atoms with E-state index in [0.29, 0.717) is 0 Å². The van der Waals surface area contributed by atoms with Crippen LogP contribution in [-0.2, 0) is 11.0 Å². The van der Waals surface area contributed by atoms with Gasteiger partial charge in [0.05, 0.1) is 0 Å². The Morgan fingerprint density at radius 1 is 1.32 bits per heavy atom. The van der Waals surface area contributed by atoms with Crippen LogP contribution in [0.15, 0.2) is 6.07 Å². The Morgan fingerprint density at radius 3 is 2.36 bits per heavy atom. The summed E-state index contributed by atoms with van der Waals surface area (Å²) < 4.78 is 37.9. The van der Waals surface area contributed by atoms with E-state index in [2.05, 4.69) is 15.3 Å². The number of nitrogens with one attached hydrogen (secondary N) is 1. The number of amides is 1. The molecule has 22 heavy (non-hydrogen) atoms. The van der Waals surface area contributed by atoms with Gasteiger partial charge in [-0.05, 0) is 25.3 Å². The molecule has 0 unspecified atom stereocenters. The molecule has 1 aromatic rings. The predicted molar refractivity (Wildman–Crippen MR) is 70.1 cm³/mol. The Labute approximate surface area is 124 Å². The number of hydrogen-bond acceptors (Lipinski definition) is 4. The number of hydrogen-bond donors (Lipinski definition) is 2. The molecule has 0 radical (unpaired) electrons. The molecule has 1 atom stereocenters. The van der Waals surface area contributed by atoms with Gasteiger partial charge in [0.25, 0.3) is 5.91 Å². The minimum absolute atomic E-state index is 0.0146. The van der Waals surface area contributed by atoms with Crippen molar-refractivity contribution in [3.8, 4) is 0 Å². The van der Waals surface area contributed by atoms with Gasteiger partial charge in [0.1, 0.15) is 11.7 Å². The molecule has 0 aliphatic rings. The topological polar surface area (TPSA) is 92.2 Å². The van der Waals surface area contributed by atoms with E-state index in [1.165, 1.54) is 6.92 Å². The second kappa shape index (κ2) is 6.71.